The van der Waals surface area contributed by atoms with Crippen molar-refractivity contribution in [3.63, 3.8) is 0 Å². The van der Waals surface area contributed by atoms with Gasteiger partial charge in [0.2, 0.25) is 5.88 Å². The number of alkyl halides is 6. The Labute approximate surface area is 206 Å². The number of rotatable bonds is 8. The molecular weight excluding hydrogens is 508 g/mol. The van der Waals surface area contributed by atoms with Crippen molar-refractivity contribution in [3.8, 4) is 11.6 Å². The summed E-state index contributed by atoms with van der Waals surface area (Å²) in [6, 6.07) is 9.62. The molecule has 1 fully saturated rings. The number of methoxy groups -OCH3 is 1. The average molecular weight is 529 g/mol. The van der Waals surface area contributed by atoms with Gasteiger partial charge in [0, 0.05) is 19.7 Å². The van der Waals surface area contributed by atoms with Crippen molar-refractivity contribution in [2.45, 2.75) is 37.0 Å². The van der Waals surface area contributed by atoms with E-state index < -0.39 is 52.8 Å². The van der Waals surface area contributed by atoms with Gasteiger partial charge in [-0.15, -0.1) is 0 Å². The first-order chi connectivity index (χ1) is 17.2. The van der Waals surface area contributed by atoms with Crippen LogP contribution in [0.15, 0.2) is 48.5 Å². The number of nitrogens with one attached hydrogen (secondary N) is 1. The molecule has 2 N–H and O–H groups in total. The summed E-state index contributed by atoms with van der Waals surface area (Å²) >= 11 is 0. The highest BCUT2D eigenvalue weighted by atomic mass is 19.4. The van der Waals surface area contributed by atoms with Crippen LogP contribution in [-0.4, -0.2) is 28.0 Å². The molecule has 1 unspecified atom stereocenters. The van der Waals surface area contributed by atoms with E-state index in [4.69, 9.17) is 14.6 Å². The molecule has 198 valence electrons. The van der Waals surface area contributed by atoms with Gasteiger partial charge in [-0.3, -0.25) is 5.32 Å². The van der Waals surface area contributed by atoms with E-state index in [1.807, 2.05) is 0 Å². The molecule has 13 heteroatoms. The van der Waals surface area contributed by atoms with Crippen LogP contribution in [-0.2, 0) is 29.7 Å². The fourth-order valence-corrected chi connectivity index (χ4v) is 4.01. The number of hydrogen-bond donors (Lipinski definition) is 2. The van der Waals surface area contributed by atoms with Gasteiger partial charge in [-0.25, -0.2) is 9.48 Å². The first-order valence-electron chi connectivity index (χ1n) is 10.9. The normalized spacial score (nSPS) is 15.9. The first kappa shape index (κ1) is 26.5. The van der Waals surface area contributed by atoms with E-state index in [-0.39, 0.29) is 11.3 Å². The molecule has 0 radical (unpaired) electrons. The molecule has 1 aliphatic carbocycles. The van der Waals surface area contributed by atoms with Gasteiger partial charge in [0.1, 0.15) is 12.0 Å². The van der Waals surface area contributed by atoms with Gasteiger partial charge in [0.15, 0.2) is 5.69 Å². The van der Waals surface area contributed by atoms with Gasteiger partial charge < -0.3 is 14.6 Å². The molecular formula is C24H21F6N3O4. The summed E-state index contributed by atoms with van der Waals surface area (Å²) in [4.78, 5) is 11.2. The molecule has 0 spiro atoms. The summed E-state index contributed by atoms with van der Waals surface area (Å²) in [6.45, 7) is 0. The first-order valence-corrected chi connectivity index (χ1v) is 10.9. The number of carbonyl (C=O) groups is 1. The molecule has 1 atom stereocenters. The van der Waals surface area contributed by atoms with Crippen molar-refractivity contribution in [1.29, 1.82) is 0 Å². The minimum atomic E-state index is -4.93. The number of hydrogen-bond acceptors (Lipinski definition) is 5. The lowest BCUT2D eigenvalue weighted by molar-refractivity contribution is -0.143. The Balaban J connectivity index is 1.73. The molecule has 37 heavy (non-hydrogen) atoms. The van der Waals surface area contributed by atoms with Crippen molar-refractivity contribution in [2.75, 3.05) is 7.11 Å². The Hall–Kier alpha value is -3.58. The van der Waals surface area contributed by atoms with Gasteiger partial charge in [-0.05, 0) is 48.7 Å². The average Bonchev–Trinajstić information content (AvgIpc) is 3.54. The van der Waals surface area contributed by atoms with Crippen molar-refractivity contribution >= 4 is 5.97 Å². The quantitative estimate of drug-likeness (QED) is 0.280. The van der Waals surface area contributed by atoms with E-state index in [1.165, 1.54) is 32.4 Å². The summed E-state index contributed by atoms with van der Waals surface area (Å²) in [7, 11) is 2.34. The Morgan fingerprint density at radius 1 is 1.08 bits per heavy atom. The lowest BCUT2D eigenvalue weighted by Gasteiger charge is -2.26. The van der Waals surface area contributed by atoms with E-state index >= 15 is 0 Å². The Kier molecular flexibility index (Phi) is 6.71. The number of benzene rings is 2. The zero-order chi connectivity index (χ0) is 27.2. The third-order valence-electron chi connectivity index (χ3n) is 6.01. The highest BCUT2D eigenvalue weighted by Gasteiger charge is 2.49. The van der Waals surface area contributed by atoms with E-state index in [2.05, 4.69) is 10.4 Å². The van der Waals surface area contributed by atoms with Crippen molar-refractivity contribution in [1.82, 2.24) is 15.1 Å². The highest BCUT2D eigenvalue weighted by Crippen LogP contribution is 2.49. The standard InChI is InChI=1S/C24H21F6N3O4/c1-33-20(37-16-5-3-4-15(12-16)23(25,26)27)17(18(32-33)24(28,29)30)19(36-2)31-22(10-11-22)14-8-6-13(7-9-14)21(34)35/h3-9,12,19,31H,10-11H2,1-2H3,(H,34,35). The van der Waals surface area contributed by atoms with E-state index in [0.717, 1.165) is 16.8 Å². The molecule has 1 aromatic heterocycles. The molecule has 2 aromatic carbocycles. The number of halogens is 6. The highest BCUT2D eigenvalue weighted by molar-refractivity contribution is 5.87. The van der Waals surface area contributed by atoms with Crippen LogP contribution in [0.1, 0.15) is 51.8 Å². The zero-order valence-electron chi connectivity index (χ0n) is 19.4. The molecule has 0 bridgehead atoms. The maximum Gasteiger partial charge on any atom is 0.435 e. The second kappa shape index (κ2) is 9.38. The predicted octanol–water partition coefficient (Wildman–Crippen LogP) is 5.87. The summed E-state index contributed by atoms with van der Waals surface area (Å²) < 4.78 is 93.1. The predicted molar refractivity (Wildman–Crippen MR) is 117 cm³/mol. The molecule has 0 saturated heterocycles. The summed E-state index contributed by atoms with van der Waals surface area (Å²) in [5, 5.41) is 15.7. The summed E-state index contributed by atoms with van der Waals surface area (Å²) in [5.74, 6) is -1.92. The summed E-state index contributed by atoms with van der Waals surface area (Å²) in [6.07, 6.45) is -10.00. The molecule has 1 aliphatic rings. The van der Waals surface area contributed by atoms with Crippen LogP contribution >= 0.6 is 0 Å². The Morgan fingerprint density at radius 2 is 1.73 bits per heavy atom. The Bertz CT molecular complexity index is 1300. The third-order valence-corrected chi connectivity index (χ3v) is 6.01. The number of aryl methyl sites for hydroxylation is 1. The van der Waals surface area contributed by atoms with Crippen LogP contribution in [0.5, 0.6) is 11.6 Å². The lowest BCUT2D eigenvalue weighted by atomic mass is 10.0. The van der Waals surface area contributed by atoms with Crippen LogP contribution in [0.25, 0.3) is 0 Å². The smallest absolute Gasteiger partial charge is 0.435 e. The van der Waals surface area contributed by atoms with Gasteiger partial charge >= 0.3 is 18.3 Å². The van der Waals surface area contributed by atoms with E-state index in [1.54, 1.807) is 12.1 Å². The molecule has 1 saturated carbocycles. The third kappa shape index (κ3) is 5.42. The van der Waals surface area contributed by atoms with Crippen LogP contribution in [0, 0.1) is 0 Å². The number of ether oxygens (including phenoxy) is 2. The van der Waals surface area contributed by atoms with E-state index in [0.29, 0.717) is 24.5 Å². The molecule has 3 aromatic rings. The van der Waals surface area contributed by atoms with Gasteiger partial charge in [0.25, 0.3) is 0 Å². The number of aromatic carboxylic acids is 1. The fourth-order valence-electron chi connectivity index (χ4n) is 4.01. The van der Waals surface area contributed by atoms with Gasteiger partial charge in [0.05, 0.1) is 16.7 Å². The number of carboxylic acid groups (broad SMARTS) is 1. The van der Waals surface area contributed by atoms with Gasteiger partial charge in [-0.1, -0.05) is 18.2 Å². The number of carboxylic acids is 1. The Morgan fingerprint density at radius 3 is 2.24 bits per heavy atom. The zero-order valence-corrected chi connectivity index (χ0v) is 19.4. The maximum atomic E-state index is 14.0. The molecule has 0 amide bonds. The van der Waals surface area contributed by atoms with Crippen LogP contribution < -0.4 is 10.1 Å². The summed E-state index contributed by atoms with van der Waals surface area (Å²) in [5.41, 5.74) is -3.03. The van der Waals surface area contributed by atoms with E-state index in [9.17, 15) is 31.1 Å². The number of aromatic nitrogens is 2. The van der Waals surface area contributed by atoms with Gasteiger partial charge in [-0.2, -0.15) is 31.4 Å². The van der Waals surface area contributed by atoms with Crippen molar-refractivity contribution in [2.24, 2.45) is 7.05 Å². The van der Waals surface area contributed by atoms with Crippen molar-refractivity contribution in [3.05, 3.63) is 76.5 Å². The lowest BCUT2D eigenvalue weighted by Crippen LogP contribution is -2.35. The SMILES string of the molecule is COC(NC1(c2ccc(C(=O)O)cc2)CC1)c1c(C(F)(F)F)nn(C)c1Oc1cccc(C(F)(F)F)c1. The maximum absolute atomic E-state index is 14.0. The van der Waals surface area contributed by atoms with Crippen LogP contribution in [0.2, 0.25) is 0 Å². The molecule has 4 rings (SSSR count). The molecule has 1 heterocycles. The largest absolute Gasteiger partial charge is 0.478 e. The monoisotopic (exact) mass is 529 g/mol. The molecule has 7 nitrogen and oxygen atoms in total. The van der Waals surface area contributed by atoms with Crippen LogP contribution in [0.4, 0.5) is 26.3 Å². The minimum Gasteiger partial charge on any atom is -0.478 e. The van der Waals surface area contributed by atoms with Crippen LogP contribution in [0.3, 0.4) is 0 Å². The fraction of sp³-hybridized carbons (Fsp3) is 0.333. The minimum absolute atomic E-state index is 0.0474. The topological polar surface area (TPSA) is 85.6 Å². The second-order valence-electron chi connectivity index (χ2n) is 8.54. The second-order valence-corrected chi connectivity index (χ2v) is 8.54. The van der Waals surface area contributed by atoms with Crippen molar-refractivity contribution < 1.29 is 45.7 Å². The molecule has 0 aliphatic heterocycles. The number of nitrogens with zero attached hydrogens (tertiary/aromatic N) is 2.